The number of aromatic nitrogens is 4. The van der Waals surface area contributed by atoms with Crippen LogP contribution in [0.1, 0.15) is 16.2 Å². The molecule has 0 aliphatic heterocycles. The van der Waals surface area contributed by atoms with Gasteiger partial charge in [0.15, 0.2) is 5.82 Å². The Labute approximate surface area is 109 Å². The molecule has 0 radical (unpaired) electrons. The fourth-order valence-electron chi connectivity index (χ4n) is 1.50. The number of H-pyrrole nitrogens is 1. The zero-order valence-corrected chi connectivity index (χ0v) is 10.5. The van der Waals surface area contributed by atoms with Gasteiger partial charge in [0.1, 0.15) is 11.5 Å². The second-order valence-corrected chi connectivity index (χ2v) is 3.58. The molecule has 0 bridgehead atoms. The van der Waals surface area contributed by atoms with Crippen molar-refractivity contribution in [2.24, 2.45) is 0 Å². The third kappa shape index (κ3) is 2.97. The maximum Gasteiger partial charge on any atom is 0.255 e. The quantitative estimate of drug-likeness (QED) is 0.796. The number of hydrogen-bond acceptors (Lipinski definition) is 6. The molecule has 0 fully saturated rings. The summed E-state index contributed by atoms with van der Waals surface area (Å²) in [7, 11) is 3.04. The number of methoxy groups -OCH3 is 2. The Morgan fingerprint density at radius 1 is 1.37 bits per heavy atom. The fraction of sp³-hybridized carbons (Fsp3) is 0.273. The number of nitrogens with zero attached hydrogens (tertiary/aromatic N) is 3. The van der Waals surface area contributed by atoms with Gasteiger partial charge < -0.3 is 14.8 Å². The maximum atomic E-state index is 12.0. The Morgan fingerprint density at radius 3 is 2.84 bits per heavy atom. The molecule has 8 nitrogen and oxygen atoms in total. The van der Waals surface area contributed by atoms with E-state index < -0.39 is 0 Å². The van der Waals surface area contributed by atoms with Crippen LogP contribution in [0.3, 0.4) is 0 Å². The summed E-state index contributed by atoms with van der Waals surface area (Å²) in [6.45, 7) is 0.185. The minimum Gasteiger partial charge on any atom is -0.497 e. The van der Waals surface area contributed by atoms with E-state index in [1.807, 2.05) is 0 Å². The van der Waals surface area contributed by atoms with Crippen molar-refractivity contribution in [2.45, 2.75) is 6.54 Å². The monoisotopic (exact) mass is 263 g/mol. The van der Waals surface area contributed by atoms with Gasteiger partial charge in [0.2, 0.25) is 0 Å². The van der Waals surface area contributed by atoms with Gasteiger partial charge in [0.25, 0.3) is 5.91 Å². The third-order valence-corrected chi connectivity index (χ3v) is 2.45. The average Bonchev–Trinajstić information content (AvgIpc) is 2.97. The van der Waals surface area contributed by atoms with E-state index in [4.69, 9.17) is 9.47 Å². The number of hydrogen-bond donors (Lipinski definition) is 2. The summed E-state index contributed by atoms with van der Waals surface area (Å²) in [5.41, 5.74) is 0.409. The minimum absolute atomic E-state index is 0.185. The normalized spacial score (nSPS) is 10.0. The lowest BCUT2D eigenvalue weighted by molar-refractivity contribution is 0.0947. The molecule has 0 saturated heterocycles. The summed E-state index contributed by atoms with van der Waals surface area (Å²) < 4.78 is 10.2. The molecule has 0 aliphatic carbocycles. The molecule has 19 heavy (non-hydrogen) atoms. The summed E-state index contributed by atoms with van der Waals surface area (Å²) in [6, 6.07) is 4.96. The number of benzene rings is 1. The molecule has 2 N–H and O–H groups in total. The Hall–Kier alpha value is -2.64. The topological polar surface area (TPSA) is 102 Å². The van der Waals surface area contributed by atoms with Crippen molar-refractivity contribution in [1.82, 2.24) is 25.9 Å². The molecule has 2 rings (SSSR count). The minimum atomic E-state index is -0.288. The summed E-state index contributed by atoms with van der Waals surface area (Å²) >= 11 is 0. The number of aromatic amines is 1. The van der Waals surface area contributed by atoms with Crippen LogP contribution in [0.4, 0.5) is 0 Å². The van der Waals surface area contributed by atoms with Crippen LogP contribution in [-0.2, 0) is 6.54 Å². The Bertz CT molecular complexity index is 555. The summed E-state index contributed by atoms with van der Waals surface area (Å²) in [6.07, 6.45) is 0. The van der Waals surface area contributed by atoms with Gasteiger partial charge in [-0.3, -0.25) is 4.79 Å². The number of carbonyl (C=O) groups excluding carboxylic acids is 1. The Balaban J connectivity index is 2.09. The van der Waals surface area contributed by atoms with Gasteiger partial charge in [-0.15, -0.1) is 10.2 Å². The van der Waals surface area contributed by atoms with Crippen LogP contribution in [0.5, 0.6) is 11.5 Å². The zero-order chi connectivity index (χ0) is 13.7. The highest BCUT2D eigenvalue weighted by Crippen LogP contribution is 2.24. The van der Waals surface area contributed by atoms with E-state index in [2.05, 4.69) is 25.9 Å². The molecule has 1 aromatic carbocycles. The molecular weight excluding hydrogens is 250 g/mol. The smallest absolute Gasteiger partial charge is 0.255 e. The molecule has 100 valence electrons. The molecular formula is C11H13N5O3. The predicted octanol–water partition coefficient (Wildman–Crippen LogP) is 0.147. The van der Waals surface area contributed by atoms with Crippen LogP contribution >= 0.6 is 0 Å². The van der Waals surface area contributed by atoms with Crippen molar-refractivity contribution in [3.63, 3.8) is 0 Å². The number of ether oxygens (including phenoxy) is 2. The van der Waals surface area contributed by atoms with Crippen molar-refractivity contribution in [1.29, 1.82) is 0 Å². The fourth-order valence-corrected chi connectivity index (χ4v) is 1.50. The van der Waals surface area contributed by atoms with E-state index in [-0.39, 0.29) is 12.5 Å². The molecule has 1 aromatic heterocycles. The molecule has 0 aliphatic rings. The molecule has 1 heterocycles. The predicted molar refractivity (Wildman–Crippen MR) is 64.9 cm³/mol. The Kier molecular flexibility index (Phi) is 3.91. The van der Waals surface area contributed by atoms with E-state index in [1.54, 1.807) is 25.3 Å². The van der Waals surface area contributed by atoms with Crippen LogP contribution in [0, 0.1) is 0 Å². The number of tetrazole rings is 1. The molecule has 2 aromatic rings. The highest BCUT2D eigenvalue weighted by atomic mass is 16.5. The third-order valence-electron chi connectivity index (χ3n) is 2.45. The standard InChI is InChI=1S/C11H13N5O3/c1-18-7-3-4-8(9(5-7)19-2)11(17)12-6-10-13-15-16-14-10/h3-5H,6H2,1-2H3,(H,12,17)(H,13,14,15,16). The largest absolute Gasteiger partial charge is 0.497 e. The van der Waals surface area contributed by atoms with Gasteiger partial charge in [0.05, 0.1) is 26.3 Å². The first-order valence-corrected chi connectivity index (χ1v) is 5.47. The van der Waals surface area contributed by atoms with Crippen molar-refractivity contribution in [2.75, 3.05) is 14.2 Å². The average molecular weight is 263 g/mol. The number of carbonyl (C=O) groups is 1. The van der Waals surface area contributed by atoms with Crippen LogP contribution in [0.15, 0.2) is 18.2 Å². The second-order valence-electron chi connectivity index (χ2n) is 3.58. The molecule has 8 heteroatoms. The number of nitrogens with one attached hydrogen (secondary N) is 2. The second kappa shape index (κ2) is 5.80. The Morgan fingerprint density at radius 2 is 2.21 bits per heavy atom. The van der Waals surface area contributed by atoms with Gasteiger partial charge in [-0.25, -0.2) is 0 Å². The summed E-state index contributed by atoms with van der Waals surface area (Å²) in [4.78, 5) is 12.0. The number of amides is 1. The lowest BCUT2D eigenvalue weighted by atomic mass is 10.1. The van der Waals surface area contributed by atoms with Crippen LogP contribution in [0.25, 0.3) is 0 Å². The molecule has 0 spiro atoms. The van der Waals surface area contributed by atoms with Crippen LogP contribution < -0.4 is 14.8 Å². The molecule has 1 amide bonds. The molecule has 0 atom stereocenters. The van der Waals surface area contributed by atoms with Crippen LogP contribution in [-0.4, -0.2) is 40.8 Å². The summed E-state index contributed by atoms with van der Waals surface area (Å²) in [5.74, 6) is 1.17. The van der Waals surface area contributed by atoms with Crippen molar-refractivity contribution in [3.05, 3.63) is 29.6 Å². The molecule has 0 saturated carbocycles. The van der Waals surface area contributed by atoms with E-state index in [0.717, 1.165) is 0 Å². The SMILES string of the molecule is COc1ccc(C(=O)NCc2nn[nH]n2)c(OC)c1. The lowest BCUT2D eigenvalue weighted by Crippen LogP contribution is -2.24. The highest BCUT2D eigenvalue weighted by molar-refractivity contribution is 5.97. The van der Waals surface area contributed by atoms with Crippen molar-refractivity contribution < 1.29 is 14.3 Å². The van der Waals surface area contributed by atoms with Crippen molar-refractivity contribution >= 4 is 5.91 Å². The van der Waals surface area contributed by atoms with Gasteiger partial charge in [-0.1, -0.05) is 5.21 Å². The van der Waals surface area contributed by atoms with E-state index in [9.17, 15) is 4.79 Å². The van der Waals surface area contributed by atoms with E-state index >= 15 is 0 Å². The maximum absolute atomic E-state index is 12.0. The van der Waals surface area contributed by atoms with Gasteiger partial charge in [0, 0.05) is 6.07 Å². The van der Waals surface area contributed by atoms with Crippen molar-refractivity contribution in [3.8, 4) is 11.5 Å². The first-order valence-electron chi connectivity index (χ1n) is 5.47. The van der Waals surface area contributed by atoms with E-state index in [1.165, 1.54) is 7.11 Å². The van der Waals surface area contributed by atoms with Gasteiger partial charge >= 0.3 is 0 Å². The lowest BCUT2D eigenvalue weighted by Gasteiger charge is -2.09. The first kappa shape index (κ1) is 12.8. The zero-order valence-electron chi connectivity index (χ0n) is 10.5. The summed E-state index contributed by atoms with van der Waals surface area (Å²) in [5, 5.41) is 15.9. The van der Waals surface area contributed by atoms with Gasteiger partial charge in [-0.05, 0) is 12.1 Å². The molecule has 0 unspecified atom stereocenters. The van der Waals surface area contributed by atoms with E-state index in [0.29, 0.717) is 22.9 Å². The first-order chi connectivity index (χ1) is 9.24. The van der Waals surface area contributed by atoms with Crippen LogP contribution in [0.2, 0.25) is 0 Å². The van der Waals surface area contributed by atoms with Gasteiger partial charge in [-0.2, -0.15) is 5.21 Å². The highest BCUT2D eigenvalue weighted by Gasteiger charge is 2.13. The number of rotatable bonds is 5.